The lowest BCUT2D eigenvalue weighted by Crippen LogP contribution is -2.12. The summed E-state index contributed by atoms with van der Waals surface area (Å²) in [7, 11) is 1.29. The second kappa shape index (κ2) is 6.53. The van der Waals surface area contributed by atoms with Gasteiger partial charge in [-0.3, -0.25) is 10.1 Å². The van der Waals surface area contributed by atoms with Gasteiger partial charge in [-0.25, -0.2) is 4.79 Å². The van der Waals surface area contributed by atoms with E-state index in [1.165, 1.54) is 18.4 Å². The molecule has 1 aromatic heterocycles. The molecule has 7 heteroatoms. The quantitative estimate of drug-likeness (QED) is 0.876. The van der Waals surface area contributed by atoms with Gasteiger partial charge in [0.25, 0.3) is 5.91 Å². The molecule has 0 fully saturated rings. The fourth-order valence-corrected chi connectivity index (χ4v) is 2.75. The van der Waals surface area contributed by atoms with E-state index in [0.29, 0.717) is 16.3 Å². The zero-order valence-corrected chi connectivity index (χ0v) is 12.9. The first kappa shape index (κ1) is 14.5. The maximum absolute atomic E-state index is 12.0. The zero-order valence-electron chi connectivity index (χ0n) is 10.5. The predicted octanol–water partition coefficient (Wildman–Crippen LogP) is 3.94. The van der Waals surface area contributed by atoms with Crippen molar-refractivity contribution in [1.29, 1.82) is 0 Å². The van der Waals surface area contributed by atoms with Gasteiger partial charge in [-0.2, -0.15) is 0 Å². The molecule has 2 rings (SSSR count). The monoisotopic (exact) mass is 354 g/mol. The summed E-state index contributed by atoms with van der Waals surface area (Å²) in [6.07, 6.45) is -0.560. The van der Waals surface area contributed by atoms with E-state index >= 15 is 0 Å². The Bertz CT molecular complexity index is 642. The van der Waals surface area contributed by atoms with Gasteiger partial charge in [-0.1, -0.05) is 6.07 Å². The van der Waals surface area contributed by atoms with Crippen LogP contribution in [0.5, 0.6) is 0 Å². The first-order valence-electron chi connectivity index (χ1n) is 5.60. The van der Waals surface area contributed by atoms with Crippen LogP contribution in [0, 0.1) is 0 Å². The van der Waals surface area contributed by atoms with E-state index in [1.807, 2.05) is 6.07 Å². The Kier molecular flexibility index (Phi) is 4.75. The number of hydrogen-bond acceptors (Lipinski definition) is 4. The molecule has 0 saturated carbocycles. The van der Waals surface area contributed by atoms with Crippen molar-refractivity contribution in [2.75, 3.05) is 17.7 Å². The van der Waals surface area contributed by atoms with Crippen LogP contribution in [0.1, 0.15) is 9.67 Å². The molecule has 2 amide bonds. The van der Waals surface area contributed by atoms with Gasteiger partial charge < -0.3 is 10.1 Å². The van der Waals surface area contributed by atoms with Crippen LogP contribution in [-0.4, -0.2) is 19.1 Å². The predicted molar refractivity (Wildman–Crippen MR) is 82.4 cm³/mol. The maximum Gasteiger partial charge on any atom is 0.411 e. The lowest BCUT2D eigenvalue weighted by atomic mass is 10.2. The third-order valence-corrected chi connectivity index (χ3v) is 3.97. The Balaban J connectivity index is 2.08. The van der Waals surface area contributed by atoms with Crippen LogP contribution in [-0.2, 0) is 4.74 Å². The average Bonchev–Trinajstić information content (AvgIpc) is 2.86. The molecule has 20 heavy (non-hydrogen) atoms. The number of amides is 2. The van der Waals surface area contributed by atoms with Gasteiger partial charge in [-0.05, 0) is 46.3 Å². The molecule has 1 aromatic carbocycles. The minimum absolute atomic E-state index is 0.198. The highest BCUT2D eigenvalue weighted by atomic mass is 79.9. The number of hydrogen-bond donors (Lipinski definition) is 2. The van der Waals surface area contributed by atoms with Crippen molar-refractivity contribution < 1.29 is 14.3 Å². The molecular formula is C13H11BrN2O3S. The number of benzene rings is 1. The number of carbonyl (C=O) groups excluding carboxylic acids is 2. The molecule has 2 N–H and O–H groups in total. The normalized spacial score (nSPS) is 9.90. The van der Waals surface area contributed by atoms with Crippen molar-refractivity contribution in [3.8, 4) is 0 Å². The molecule has 2 aromatic rings. The molecule has 0 spiro atoms. The van der Waals surface area contributed by atoms with Crippen LogP contribution in [0.25, 0.3) is 0 Å². The van der Waals surface area contributed by atoms with Crippen molar-refractivity contribution in [3.05, 3.63) is 45.1 Å². The largest absolute Gasteiger partial charge is 0.453 e. The SMILES string of the molecule is COC(=O)Nc1cccc(NC(=O)c2ccc(Br)s2)c1. The van der Waals surface area contributed by atoms with E-state index in [4.69, 9.17) is 0 Å². The molecule has 1 heterocycles. The maximum atomic E-state index is 12.0. The van der Waals surface area contributed by atoms with Gasteiger partial charge >= 0.3 is 6.09 Å². The third-order valence-electron chi connectivity index (χ3n) is 2.35. The van der Waals surface area contributed by atoms with E-state index in [1.54, 1.807) is 30.3 Å². The summed E-state index contributed by atoms with van der Waals surface area (Å²) < 4.78 is 5.40. The van der Waals surface area contributed by atoms with Crippen LogP contribution in [0.2, 0.25) is 0 Å². The number of carbonyl (C=O) groups is 2. The number of thiophene rings is 1. The van der Waals surface area contributed by atoms with Crippen molar-refractivity contribution in [2.24, 2.45) is 0 Å². The van der Waals surface area contributed by atoms with Gasteiger partial charge in [0.15, 0.2) is 0 Å². The Hall–Kier alpha value is -1.86. The summed E-state index contributed by atoms with van der Waals surface area (Å²) in [6.45, 7) is 0. The molecule has 0 aliphatic carbocycles. The average molecular weight is 355 g/mol. The lowest BCUT2D eigenvalue weighted by molar-refractivity contribution is 0.103. The summed E-state index contributed by atoms with van der Waals surface area (Å²) in [4.78, 5) is 23.7. The smallest absolute Gasteiger partial charge is 0.411 e. The number of methoxy groups -OCH3 is 1. The molecular weight excluding hydrogens is 344 g/mol. The van der Waals surface area contributed by atoms with Gasteiger partial charge in [-0.15, -0.1) is 11.3 Å². The van der Waals surface area contributed by atoms with Gasteiger partial charge in [0.1, 0.15) is 0 Å². The van der Waals surface area contributed by atoms with Crippen molar-refractivity contribution in [1.82, 2.24) is 0 Å². The number of rotatable bonds is 3. The van der Waals surface area contributed by atoms with Gasteiger partial charge in [0.2, 0.25) is 0 Å². The second-order valence-electron chi connectivity index (χ2n) is 3.76. The highest BCUT2D eigenvalue weighted by Crippen LogP contribution is 2.23. The standard InChI is InChI=1S/C13H11BrN2O3S/c1-19-13(18)16-9-4-2-3-8(7-9)15-12(17)10-5-6-11(14)20-10/h2-7H,1H3,(H,15,17)(H,16,18). The van der Waals surface area contributed by atoms with Gasteiger partial charge in [0, 0.05) is 11.4 Å². The molecule has 0 saturated heterocycles. The fourth-order valence-electron chi connectivity index (χ4n) is 1.47. The summed E-state index contributed by atoms with van der Waals surface area (Å²) in [6, 6.07) is 10.4. The summed E-state index contributed by atoms with van der Waals surface area (Å²) >= 11 is 4.66. The van der Waals surface area contributed by atoms with Crippen LogP contribution in [0.15, 0.2) is 40.2 Å². The van der Waals surface area contributed by atoms with E-state index in [-0.39, 0.29) is 5.91 Å². The Labute approximate surface area is 128 Å². The van der Waals surface area contributed by atoms with Crippen molar-refractivity contribution >= 4 is 50.6 Å². The second-order valence-corrected chi connectivity index (χ2v) is 6.22. The Morgan fingerprint density at radius 3 is 2.45 bits per heavy atom. The molecule has 104 valence electrons. The first-order valence-corrected chi connectivity index (χ1v) is 7.21. The summed E-state index contributed by atoms with van der Waals surface area (Å²) in [5, 5.41) is 5.29. The van der Waals surface area contributed by atoms with Crippen LogP contribution in [0.4, 0.5) is 16.2 Å². The number of halogens is 1. The van der Waals surface area contributed by atoms with E-state index in [0.717, 1.165) is 3.79 Å². The van der Waals surface area contributed by atoms with Crippen LogP contribution < -0.4 is 10.6 Å². The number of ether oxygens (including phenoxy) is 1. The molecule has 0 unspecified atom stereocenters. The number of anilines is 2. The minimum Gasteiger partial charge on any atom is -0.453 e. The summed E-state index contributed by atoms with van der Waals surface area (Å²) in [5.74, 6) is -0.198. The lowest BCUT2D eigenvalue weighted by Gasteiger charge is -2.07. The molecule has 0 radical (unpaired) electrons. The number of nitrogens with one attached hydrogen (secondary N) is 2. The zero-order chi connectivity index (χ0) is 14.5. The molecule has 0 atom stereocenters. The Morgan fingerprint density at radius 2 is 1.85 bits per heavy atom. The topological polar surface area (TPSA) is 67.4 Å². The highest BCUT2D eigenvalue weighted by Gasteiger charge is 2.09. The molecule has 0 aliphatic rings. The minimum atomic E-state index is -0.560. The third kappa shape index (κ3) is 3.82. The van der Waals surface area contributed by atoms with Crippen LogP contribution >= 0.6 is 27.3 Å². The molecule has 0 aliphatic heterocycles. The van der Waals surface area contributed by atoms with Crippen molar-refractivity contribution in [2.45, 2.75) is 0 Å². The van der Waals surface area contributed by atoms with E-state index in [2.05, 4.69) is 31.3 Å². The first-order chi connectivity index (χ1) is 9.58. The van der Waals surface area contributed by atoms with Gasteiger partial charge in [0.05, 0.1) is 15.8 Å². The fraction of sp³-hybridized carbons (Fsp3) is 0.0769. The van der Waals surface area contributed by atoms with E-state index < -0.39 is 6.09 Å². The molecule has 0 bridgehead atoms. The van der Waals surface area contributed by atoms with Crippen molar-refractivity contribution in [3.63, 3.8) is 0 Å². The van der Waals surface area contributed by atoms with Crippen LogP contribution in [0.3, 0.4) is 0 Å². The molecule has 5 nitrogen and oxygen atoms in total. The highest BCUT2D eigenvalue weighted by molar-refractivity contribution is 9.11. The van der Waals surface area contributed by atoms with E-state index in [9.17, 15) is 9.59 Å². The summed E-state index contributed by atoms with van der Waals surface area (Å²) in [5.41, 5.74) is 1.13. The Morgan fingerprint density at radius 1 is 1.15 bits per heavy atom.